The number of hydrogen-bond donors (Lipinski definition) is 3. The second-order valence-corrected chi connectivity index (χ2v) is 14.9. The highest BCUT2D eigenvalue weighted by molar-refractivity contribution is 7.20. The van der Waals surface area contributed by atoms with E-state index in [4.69, 9.17) is 15.1 Å². The van der Waals surface area contributed by atoms with Gasteiger partial charge in [0, 0.05) is 15.8 Å². The third-order valence-corrected chi connectivity index (χ3v) is 12.2. The summed E-state index contributed by atoms with van der Waals surface area (Å²) in [5, 5.41) is 22.9. The van der Waals surface area contributed by atoms with Crippen molar-refractivity contribution >= 4 is 104 Å². The molecule has 3 N–H and O–H groups in total. The molecule has 10 nitrogen and oxygen atoms in total. The fourth-order valence-corrected chi connectivity index (χ4v) is 9.88. The van der Waals surface area contributed by atoms with Gasteiger partial charge in [0.05, 0.1) is 36.5 Å². The van der Waals surface area contributed by atoms with E-state index in [1.807, 2.05) is 36.4 Å². The number of thiazole rings is 1. The van der Waals surface area contributed by atoms with Gasteiger partial charge in [-0.05, 0) is 65.4 Å². The zero-order valence-corrected chi connectivity index (χ0v) is 28.3. The summed E-state index contributed by atoms with van der Waals surface area (Å²) in [5.74, 6) is 0.657. The fraction of sp³-hybridized carbons (Fsp3) is 0.0270. The first-order chi connectivity index (χ1) is 24.7. The monoisotopic (exact) mass is 702 g/mol. The third-order valence-electron chi connectivity index (χ3n) is 9.25. The lowest BCUT2D eigenvalue weighted by molar-refractivity contribution is 0.509. The number of hydrogen-bond acceptors (Lipinski definition) is 11. The van der Waals surface area contributed by atoms with Gasteiger partial charge in [0.15, 0.2) is 5.66 Å². The third kappa shape index (κ3) is 3.93. The number of rotatable bonds is 5. The number of fused-ring (bicyclic) bond motifs is 5. The van der Waals surface area contributed by atoms with Crippen LogP contribution in [0.25, 0.3) is 64.0 Å². The van der Waals surface area contributed by atoms with Gasteiger partial charge in [-0.25, -0.2) is 9.97 Å². The zero-order chi connectivity index (χ0) is 32.8. The van der Waals surface area contributed by atoms with Crippen LogP contribution in [0.15, 0.2) is 115 Å². The summed E-state index contributed by atoms with van der Waals surface area (Å²) in [5.41, 5.74) is 7.52. The quantitative estimate of drug-likeness (QED) is 0.163. The van der Waals surface area contributed by atoms with Crippen molar-refractivity contribution in [3.63, 3.8) is 0 Å². The maximum atomic E-state index is 5.29. The van der Waals surface area contributed by atoms with Gasteiger partial charge in [-0.1, -0.05) is 71.2 Å². The Morgan fingerprint density at radius 2 is 1.46 bits per heavy atom. The smallest absolute Gasteiger partial charge is 0.211 e. The summed E-state index contributed by atoms with van der Waals surface area (Å²) >= 11 is 4.77. The van der Waals surface area contributed by atoms with E-state index in [0.29, 0.717) is 5.95 Å². The maximum absolute atomic E-state index is 5.29. The van der Waals surface area contributed by atoms with Crippen LogP contribution < -0.4 is 10.2 Å². The second kappa shape index (κ2) is 10.5. The molecule has 1 unspecified atom stereocenters. The normalized spacial score (nSPS) is 16.5. The highest BCUT2D eigenvalue weighted by atomic mass is 32.1. The molecular weight excluding hydrogens is 681 g/mol. The lowest BCUT2D eigenvalue weighted by atomic mass is 9.94. The van der Waals surface area contributed by atoms with E-state index in [1.54, 1.807) is 22.7 Å². The molecule has 238 valence electrons. The molecule has 0 saturated heterocycles. The number of thiophene rings is 1. The number of H-pyrrole nitrogens is 2. The first-order valence-corrected chi connectivity index (χ1v) is 18.3. The Labute approximate surface area is 294 Å². The molecule has 5 aromatic carbocycles. The van der Waals surface area contributed by atoms with E-state index in [1.165, 1.54) is 16.2 Å². The van der Waals surface area contributed by atoms with E-state index in [-0.39, 0.29) is 0 Å². The Morgan fingerprint density at radius 3 is 2.36 bits per heavy atom. The van der Waals surface area contributed by atoms with Gasteiger partial charge in [0.1, 0.15) is 27.3 Å². The minimum absolute atomic E-state index is 0.657. The topological polar surface area (TPSA) is 124 Å². The number of para-hydroxylation sites is 4. The molecule has 0 radical (unpaired) electrons. The highest BCUT2D eigenvalue weighted by Gasteiger charge is 2.53. The number of anilines is 1. The molecule has 1 atom stereocenters. The van der Waals surface area contributed by atoms with Crippen LogP contribution in [0.1, 0.15) is 21.0 Å². The SMILES string of the molecule is c1ccc2sc(C3(c4cccc5n[nH]nc45)NC(c4cccc5snnc45)=C(c4nc5ccccc5s4)N3c3nc4ccccc4[nH]3)cc2c1. The number of benzene rings is 5. The van der Waals surface area contributed by atoms with E-state index in [9.17, 15) is 0 Å². The first kappa shape index (κ1) is 27.9. The van der Waals surface area contributed by atoms with Crippen LogP contribution in [0, 0.1) is 0 Å². The summed E-state index contributed by atoms with van der Waals surface area (Å²) in [6.07, 6.45) is 0. The van der Waals surface area contributed by atoms with Crippen molar-refractivity contribution in [1.29, 1.82) is 0 Å². The second-order valence-electron chi connectivity index (χ2n) is 12.0. The molecule has 5 aromatic heterocycles. The van der Waals surface area contributed by atoms with Crippen molar-refractivity contribution in [2.75, 3.05) is 4.90 Å². The van der Waals surface area contributed by atoms with Gasteiger partial charge in [0.2, 0.25) is 5.95 Å². The number of aromatic amines is 2. The number of imidazole rings is 1. The molecule has 6 heterocycles. The lowest BCUT2D eigenvalue weighted by Gasteiger charge is -2.39. The van der Waals surface area contributed by atoms with Gasteiger partial charge in [-0.2, -0.15) is 15.4 Å². The number of nitrogens with one attached hydrogen (secondary N) is 3. The molecule has 13 heteroatoms. The van der Waals surface area contributed by atoms with Crippen LogP contribution in [0.4, 0.5) is 5.95 Å². The summed E-state index contributed by atoms with van der Waals surface area (Å²) in [7, 11) is 0. The van der Waals surface area contributed by atoms with Crippen LogP contribution >= 0.6 is 34.2 Å². The van der Waals surface area contributed by atoms with Crippen LogP contribution in [-0.4, -0.2) is 39.9 Å². The molecule has 11 rings (SSSR count). The molecule has 50 heavy (non-hydrogen) atoms. The van der Waals surface area contributed by atoms with E-state index in [2.05, 4.69) is 114 Å². The summed E-state index contributed by atoms with van der Waals surface area (Å²) in [6.45, 7) is 0. The molecule has 0 saturated carbocycles. The molecule has 1 aliphatic rings. The van der Waals surface area contributed by atoms with Crippen LogP contribution in [0.3, 0.4) is 0 Å². The van der Waals surface area contributed by atoms with Crippen molar-refractivity contribution in [3.8, 4) is 0 Å². The molecular formula is C37H22N10S3. The van der Waals surface area contributed by atoms with Crippen LogP contribution in [-0.2, 0) is 5.66 Å². The van der Waals surface area contributed by atoms with Crippen molar-refractivity contribution in [1.82, 2.24) is 45.3 Å². The molecule has 0 amide bonds. The summed E-state index contributed by atoms with van der Waals surface area (Å²) < 4.78 is 7.61. The van der Waals surface area contributed by atoms with E-state index in [0.717, 1.165) is 80.3 Å². The van der Waals surface area contributed by atoms with Gasteiger partial charge >= 0.3 is 0 Å². The van der Waals surface area contributed by atoms with Crippen molar-refractivity contribution in [2.45, 2.75) is 5.66 Å². The highest BCUT2D eigenvalue weighted by Crippen LogP contribution is 2.54. The number of nitrogens with zero attached hydrogens (tertiary/aromatic N) is 7. The predicted molar refractivity (Wildman–Crippen MR) is 202 cm³/mol. The van der Waals surface area contributed by atoms with Crippen molar-refractivity contribution < 1.29 is 0 Å². The predicted octanol–water partition coefficient (Wildman–Crippen LogP) is 8.50. The molecule has 1 aliphatic heterocycles. The van der Waals surface area contributed by atoms with Gasteiger partial charge in [-0.15, -0.1) is 27.8 Å². The lowest BCUT2D eigenvalue weighted by Crippen LogP contribution is -2.51. The van der Waals surface area contributed by atoms with E-state index < -0.39 is 5.66 Å². The standard InChI is InChI=1S/C37H22N10S3/c1-5-16-27-20(9-1)19-30(48-27)37(22-11-8-15-26-33(22)43-45-42-26)41-32(21-10-7-18-29-31(21)44-46-50-29)34(35-38-25-14-4-6-17-28(25)49-35)47(37)36-39-23-12-2-3-13-24(23)40-36/h1-19,41H,(H,39,40)(H,42,43,45). The average molecular weight is 703 g/mol. The van der Waals surface area contributed by atoms with E-state index >= 15 is 0 Å². The summed E-state index contributed by atoms with van der Waals surface area (Å²) in [6, 6.07) is 39.5. The molecule has 10 aromatic rings. The fourth-order valence-electron chi connectivity index (χ4n) is 7.07. The van der Waals surface area contributed by atoms with Crippen LogP contribution in [0.2, 0.25) is 0 Å². The maximum Gasteiger partial charge on any atom is 0.211 e. The molecule has 0 aliphatic carbocycles. The average Bonchev–Trinajstić information content (AvgIpc) is 3.99. The molecule has 0 spiro atoms. The van der Waals surface area contributed by atoms with Gasteiger partial charge < -0.3 is 10.3 Å². The van der Waals surface area contributed by atoms with Crippen molar-refractivity contribution in [2.24, 2.45) is 0 Å². The van der Waals surface area contributed by atoms with Gasteiger partial charge in [0.25, 0.3) is 0 Å². The molecule has 0 fully saturated rings. The Hall–Kier alpha value is -6.02. The summed E-state index contributed by atoms with van der Waals surface area (Å²) in [4.78, 5) is 17.6. The van der Waals surface area contributed by atoms with Crippen LogP contribution in [0.5, 0.6) is 0 Å². The minimum atomic E-state index is -1.07. The van der Waals surface area contributed by atoms with Gasteiger partial charge in [-0.3, -0.25) is 4.90 Å². The van der Waals surface area contributed by atoms with Crippen molar-refractivity contribution in [3.05, 3.63) is 136 Å². The zero-order valence-electron chi connectivity index (χ0n) is 25.8. The Balaban J connectivity index is 1.32. The number of aromatic nitrogens is 8. The largest absolute Gasteiger partial charge is 0.352 e. The Morgan fingerprint density at radius 1 is 0.660 bits per heavy atom. The Kier molecular flexibility index (Phi) is 5.85. The first-order valence-electron chi connectivity index (χ1n) is 15.9. The minimum Gasteiger partial charge on any atom is -0.352 e. The molecule has 0 bridgehead atoms. The Bertz CT molecular complexity index is 2870.